The number of aromatic nitrogens is 1. The molecule has 1 fully saturated rings. The smallest absolute Gasteiger partial charge is 0.421 e. The molecule has 8 heteroatoms. The first-order valence-electron chi connectivity index (χ1n) is 10.2. The highest BCUT2D eigenvalue weighted by molar-refractivity contribution is 5.76. The van der Waals surface area contributed by atoms with Crippen LogP contribution in [0.1, 0.15) is 42.9 Å². The van der Waals surface area contributed by atoms with E-state index in [-0.39, 0.29) is 18.6 Å². The molecule has 0 aliphatic carbocycles. The van der Waals surface area contributed by atoms with Crippen LogP contribution in [0.3, 0.4) is 0 Å². The van der Waals surface area contributed by atoms with Gasteiger partial charge < -0.3 is 14.8 Å². The number of aryl methyl sites for hydroxylation is 1. The molecule has 0 bridgehead atoms. The second-order valence-electron chi connectivity index (χ2n) is 8.43. The maximum atomic E-state index is 13.2. The van der Waals surface area contributed by atoms with E-state index < -0.39 is 29.0 Å². The average Bonchev–Trinajstić information content (AvgIpc) is 2.73. The van der Waals surface area contributed by atoms with E-state index in [0.29, 0.717) is 13.0 Å². The van der Waals surface area contributed by atoms with Gasteiger partial charge in [-0.2, -0.15) is 13.2 Å². The van der Waals surface area contributed by atoms with E-state index in [2.05, 4.69) is 10.3 Å². The van der Waals surface area contributed by atoms with Gasteiger partial charge in [0.2, 0.25) is 5.88 Å². The van der Waals surface area contributed by atoms with Gasteiger partial charge in [0.05, 0.1) is 5.41 Å². The highest BCUT2D eigenvalue weighted by Crippen LogP contribution is 2.36. The minimum absolute atomic E-state index is 0.00300. The van der Waals surface area contributed by atoms with E-state index in [9.17, 15) is 18.0 Å². The molecule has 0 spiro atoms. The Hall–Kier alpha value is -2.61. The molecule has 1 aliphatic heterocycles. The summed E-state index contributed by atoms with van der Waals surface area (Å²) in [6.45, 7) is 6.32. The zero-order valence-corrected chi connectivity index (χ0v) is 17.8. The molecule has 2 atom stereocenters. The third kappa shape index (κ3) is 5.55. The van der Waals surface area contributed by atoms with Gasteiger partial charge in [-0.25, -0.2) is 4.98 Å². The number of esters is 1. The van der Waals surface area contributed by atoms with Gasteiger partial charge in [-0.1, -0.05) is 24.3 Å². The largest absolute Gasteiger partial charge is 0.476 e. The number of pyridine rings is 1. The lowest BCUT2D eigenvalue weighted by Crippen LogP contribution is -2.44. The van der Waals surface area contributed by atoms with Crippen molar-refractivity contribution in [2.24, 2.45) is 5.41 Å². The summed E-state index contributed by atoms with van der Waals surface area (Å²) in [6.07, 6.45) is -3.04. The molecule has 1 saturated heterocycles. The number of ether oxygens (including phenoxy) is 2. The van der Waals surface area contributed by atoms with E-state index in [1.165, 1.54) is 12.3 Å². The number of halogens is 3. The molecule has 0 unspecified atom stereocenters. The number of hydrogen-bond donors (Lipinski definition) is 1. The number of carbonyl (C=O) groups excluding carboxylic acids is 1. The molecule has 31 heavy (non-hydrogen) atoms. The van der Waals surface area contributed by atoms with Crippen LogP contribution in [0.25, 0.3) is 0 Å². The van der Waals surface area contributed by atoms with Gasteiger partial charge in [0.25, 0.3) is 0 Å². The van der Waals surface area contributed by atoms with Crippen LogP contribution in [0.4, 0.5) is 13.2 Å². The van der Waals surface area contributed by atoms with Crippen molar-refractivity contribution in [3.63, 3.8) is 0 Å². The predicted octanol–water partition coefficient (Wildman–Crippen LogP) is 4.50. The summed E-state index contributed by atoms with van der Waals surface area (Å²) in [6, 6.07) is 10.1. The molecule has 1 N–H and O–H groups in total. The molecule has 2 aromatic rings. The number of alkyl halides is 3. The maximum absolute atomic E-state index is 13.2. The van der Waals surface area contributed by atoms with E-state index in [0.717, 1.165) is 23.7 Å². The SMILES string of the molecule is Cc1ccccc1[C@H]1CNCC[C@@H]1OC(=O)C(C)(C)COc1ncccc1C(F)(F)F. The molecular formula is C23H27F3N2O3. The van der Waals surface area contributed by atoms with E-state index in [1.54, 1.807) is 13.8 Å². The molecule has 0 amide bonds. The van der Waals surface area contributed by atoms with Gasteiger partial charge in [0.15, 0.2) is 0 Å². The van der Waals surface area contributed by atoms with Gasteiger partial charge in [-0.05, 0) is 57.0 Å². The quantitative estimate of drug-likeness (QED) is 0.676. The summed E-state index contributed by atoms with van der Waals surface area (Å²) in [5, 5.41) is 3.34. The van der Waals surface area contributed by atoms with Crippen LogP contribution in [0, 0.1) is 12.3 Å². The van der Waals surface area contributed by atoms with Crippen molar-refractivity contribution < 1.29 is 27.4 Å². The number of carbonyl (C=O) groups is 1. The normalized spacial score (nSPS) is 19.7. The molecule has 5 nitrogen and oxygen atoms in total. The summed E-state index contributed by atoms with van der Waals surface area (Å²) in [4.78, 5) is 16.6. The van der Waals surface area contributed by atoms with E-state index >= 15 is 0 Å². The van der Waals surface area contributed by atoms with Gasteiger partial charge in [-0.3, -0.25) is 4.79 Å². The lowest BCUT2D eigenvalue weighted by atomic mass is 9.86. The summed E-state index contributed by atoms with van der Waals surface area (Å²) in [7, 11) is 0. The first kappa shape index (κ1) is 23.1. The molecule has 1 aliphatic rings. The topological polar surface area (TPSA) is 60.5 Å². The average molecular weight is 436 g/mol. The van der Waals surface area contributed by atoms with Crippen molar-refractivity contribution >= 4 is 5.97 Å². The predicted molar refractivity (Wildman–Crippen MR) is 110 cm³/mol. The Labute approximate surface area is 180 Å². The van der Waals surface area contributed by atoms with Crippen molar-refractivity contribution in [2.75, 3.05) is 19.7 Å². The Morgan fingerprint density at radius 3 is 2.65 bits per heavy atom. The molecular weight excluding hydrogens is 409 g/mol. The summed E-state index contributed by atoms with van der Waals surface area (Å²) < 4.78 is 50.7. The highest BCUT2D eigenvalue weighted by Gasteiger charge is 2.39. The fourth-order valence-electron chi connectivity index (χ4n) is 3.61. The van der Waals surface area contributed by atoms with Crippen LogP contribution in [-0.4, -0.2) is 36.8 Å². The first-order valence-corrected chi connectivity index (χ1v) is 10.2. The van der Waals surface area contributed by atoms with Gasteiger partial charge in [-0.15, -0.1) is 0 Å². The fourth-order valence-corrected chi connectivity index (χ4v) is 3.61. The van der Waals surface area contributed by atoms with Gasteiger partial charge in [0, 0.05) is 18.7 Å². The van der Waals surface area contributed by atoms with Gasteiger partial charge in [0.1, 0.15) is 18.3 Å². The highest BCUT2D eigenvalue weighted by atomic mass is 19.4. The summed E-state index contributed by atoms with van der Waals surface area (Å²) >= 11 is 0. The minimum atomic E-state index is -4.59. The van der Waals surface area contributed by atoms with E-state index in [1.807, 2.05) is 31.2 Å². The Morgan fingerprint density at radius 1 is 1.19 bits per heavy atom. The molecule has 1 aromatic heterocycles. The molecule has 1 aromatic carbocycles. The standard InChI is InChI=1S/C23H27F3N2O3/c1-15-7-4-5-8-16(15)17-13-27-12-10-19(17)31-21(29)22(2,3)14-30-20-18(23(24,25)26)9-6-11-28-20/h4-9,11,17,19,27H,10,12-14H2,1-3H3/t17-,19+/m1/s1. The second kappa shape index (κ2) is 9.26. The van der Waals surface area contributed by atoms with Crippen LogP contribution >= 0.6 is 0 Å². The molecule has 2 heterocycles. The van der Waals surface area contributed by atoms with Crippen molar-refractivity contribution in [1.29, 1.82) is 0 Å². The van der Waals surface area contributed by atoms with Crippen LogP contribution in [0.2, 0.25) is 0 Å². The third-order valence-corrected chi connectivity index (χ3v) is 5.46. The summed E-state index contributed by atoms with van der Waals surface area (Å²) in [5.41, 5.74) is 0.110. The number of piperidine rings is 1. The third-order valence-electron chi connectivity index (χ3n) is 5.46. The van der Waals surface area contributed by atoms with E-state index in [4.69, 9.17) is 9.47 Å². The van der Waals surface area contributed by atoms with Crippen molar-refractivity contribution in [3.8, 4) is 5.88 Å². The molecule has 168 valence electrons. The molecule has 0 saturated carbocycles. The number of hydrogen-bond acceptors (Lipinski definition) is 5. The van der Waals surface area contributed by atoms with Crippen LogP contribution < -0.4 is 10.1 Å². The number of nitrogens with zero attached hydrogens (tertiary/aromatic N) is 1. The zero-order chi connectivity index (χ0) is 22.6. The Balaban J connectivity index is 1.69. The van der Waals surface area contributed by atoms with Crippen molar-refractivity contribution in [1.82, 2.24) is 10.3 Å². The number of nitrogens with one attached hydrogen (secondary N) is 1. The lowest BCUT2D eigenvalue weighted by Gasteiger charge is -2.35. The second-order valence-corrected chi connectivity index (χ2v) is 8.43. The van der Waals surface area contributed by atoms with Crippen LogP contribution in [0.15, 0.2) is 42.6 Å². The fraction of sp³-hybridized carbons (Fsp3) is 0.478. The molecule has 3 rings (SSSR count). The van der Waals surface area contributed by atoms with Crippen molar-refractivity contribution in [2.45, 2.75) is 45.4 Å². The number of benzene rings is 1. The lowest BCUT2D eigenvalue weighted by molar-refractivity contribution is -0.163. The van der Waals surface area contributed by atoms with Crippen molar-refractivity contribution in [3.05, 3.63) is 59.3 Å². The Kier molecular flexibility index (Phi) is 6.89. The first-order chi connectivity index (χ1) is 14.6. The minimum Gasteiger partial charge on any atom is -0.476 e. The Morgan fingerprint density at radius 2 is 1.94 bits per heavy atom. The van der Waals surface area contributed by atoms with Crippen LogP contribution in [0.5, 0.6) is 5.88 Å². The summed E-state index contributed by atoms with van der Waals surface area (Å²) in [5.74, 6) is -1.05. The maximum Gasteiger partial charge on any atom is 0.421 e. The zero-order valence-electron chi connectivity index (χ0n) is 17.8. The number of rotatable bonds is 6. The molecule has 0 radical (unpaired) electrons. The van der Waals surface area contributed by atoms with Crippen LogP contribution in [-0.2, 0) is 15.7 Å². The monoisotopic (exact) mass is 436 g/mol. The Bertz CT molecular complexity index is 915. The van der Waals surface area contributed by atoms with Gasteiger partial charge >= 0.3 is 12.1 Å².